The van der Waals surface area contributed by atoms with Crippen LogP contribution in [0.4, 0.5) is 5.69 Å². The average molecular weight is 275 g/mol. The highest BCUT2D eigenvalue weighted by Gasteiger charge is 2.12. The number of hydrogen-bond donors (Lipinski definition) is 1. The Morgan fingerprint density at radius 1 is 1.32 bits per heavy atom. The number of nitrogens with one attached hydrogen (secondary N) is 1. The summed E-state index contributed by atoms with van der Waals surface area (Å²) in [4.78, 5) is 11.7. The molecule has 1 rings (SSSR count). The first kappa shape index (κ1) is 15.3. The van der Waals surface area contributed by atoms with E-state index < -0.39 is 8.07 Å². The third kappa shape index (κ3) is 4.14. The van der Waals surface area contributed by atoms with E-state index in [4.69, 9.17) is 4.74 Å². The van der Waals surface area contributed by atoms with E-state index in [1.807, 2.05) is 14.0 Å². The zero-order valence-corrected chi connectivity index (χ0v) is 13.5. The second kappa shape index (κ2) is 5.94. The highest BCUT2D eigenvalue weighted by atomic mass is 28.3. The molecule has 1 N–H and O–H groups in total. The molecular formula is C15H21NO2Si. The molecule has 102 valence electrons. The lowest BCUT2D eigenvalue weighted by atomic mass is 10.0. The number of esters is 1. The molecule has 0 unspecified atom stereocenters. The van der Waals surface area contributed by atoms with Crippen molar-refractivity contribution >= 4 is 19.7 Å². The fourth-order valence-corrected chi connectivity index (χ4v) is 2.10. The van der Waals surface area contributed by atoms with Crippen molar-refractivity contribution in [2.45, 2.75) is 26.6 Å². The Balaban J connectivity index is 3.36. The van der Waals surface area contributed by atoms with E-state index in [1.165, 1.54) is 7.11 Å². The lowest BCUT2D eigenvalue weighted by Gasteiger charge is -2.11. The molecule has 0 saturated heterocycles. The van der Waals surface area contributed by atoms with E-state index in [2.05, 4.69) is 36.4 Å². The third-order valence-corrected chi connectivity index (χ3v) is 3.55. The van der Waals surface area contributed by atoms with Gasteiger partial charge in [-0.15, -0.1) is 5.54 Å². The largest absolute Gasteiger partial charge is 0.465 e. The van der Waals surface area contributed by atoms with Crippen LogP contribution in [0, 0.1) is 18.4 Å². The molecule has 1 aromatic carbocycles. The number of methoxy groups -OCH3 is 1. The van der Waals surface area contributed by atoms with Crippen LogP contribution in [0.1, 0.15) is 21.5 Å². The van der Waals surface area contributed by atoms with E-state index in [-0.39, 0.29) is 5.97 Å². The lowest BCUT2D eigenvalue weighted by molar-refractivity contribution is 0.0601. The summed E-state index contributed by atoms with van der Waals surface area (Å²) in [5, 5.41) is 3.09. The molecule has 0 saturated carbocycles. The van der Waals surface area contributed by atoms with Gasteiger partial charge in [0.15, 0.2) is 0 Å². The first-order chi connectivity index (χ1) is 8.78. The predicted molar refractivity (Wildman–Crippen MR) is 82.3 cm³/mol. The van der Waals surface area contributed by atoms with Crippen LogP contribution in [0.2, 0.25) is 19.6 Å². The summed E-state index contributed by atoms with van der Waals surface area (Å²) in [7, 11) is 1.77. The highest BCUT2D eigenvalue weighted by molar-refractivity contribution is 6.83. The molecule has 0 fully saturated rings. The smallest absolute Gasteiger partial charge is 0.337 e. The molecule has 0 spiro atoms. The first-order valence-corrected chi connectivity index (χ1v) is 9.72. The van der Waals surface area contributed by atoms with E-state index in [9.17, 15) is 4.79 Å². The minimum Gasteiger partial charge on any atom is -0.465 e. The molecule has 0 bridgehead atoms. The van der Waals surface area contributed by atoms with Crippen LogP contribution >= 0.6 is 0 Å². The maximum absolute atomic E-state index is 11.7. The van der Waals surface area contributed by atoms with Crippen molar-refractivity contribution in [3.8, 4) is 11.5 Å². The fourth-order valence-electron chi connectivity index (χ4n) is 1.59. The van der Waals surface area contributed by atoms with Gasteiger partial charge in [0.25, 0.3) is 0 Å². The van der Waals surface area contributed by atoms with Gasteiger partial charge in [0.05, 0.1) is 12.7 Å². The van der Waals surface area contributed by atoms with Crippen molar-refractivity contribution in [1.29, 1.82) is 0 Å². The molecule has 0 amide bonds. The van der Waals surface area contributed by atoms with Gasteiger partial charge >= 0.3 is 5.97 Å². The molecule has 19 heavy (non-hydrogen) atoms. The van der Waals surface area contributed by atoms with Gasteiger partial charge in [-0.1, -0.05) is 25.6 Å². The highest BCUT2D eigenvalue weighted by Crippen LogP contribution is 2.21. The Labute approximate surface area is 116 Å². The van der Waals surface area contributed by atoms with Crippen LogP contribution in [0.3, 0.4) is 0 Å². The minimum atomic E-state index is -1.44. The monoisotopic (exact) mass is 275 g/mol. The van der Waals surface area contributed by atoms with Gasteiger partial charge in [-0.3, -0.25) is 0 Å². The van der Waals surface area contributed by atoms with Gasteiger partial charge in [0.1, 0.15) is 8.07 Å². The van der Waals surface area contributed by atoms with Crippen LogP contribution in [-0.4, -0.2) is 28.2 Å². The molecule has 0 radical (unpaired) electrons. The Hall–Kier alpha value is -1.73. The summed E-state index contributed by atoms with van der Waals surface area (Å²) in [6, 6.07) is 3.59. The molecule has 0 heterocycles. The Morgan fingerprint density at radius 3 is 2.42 bits per heavy atom. The summed E-state index contributed by atoms with van der Waals surface area (Å²) < 4.78 is 4.77. The zero-order valence-electron chi connectivity index (χ0n) is 12.5. The number of hydrogen-bond acceptors (Lipinski definition) is 3. The van der Waals surface area contributed by atoms with E-state index in [1.54, 1.807) is 12.1 Å². The summed E-state index contributed by atoms with van der Waals surface area (Å²) >= 11 is 0. The van der Waals surface area contributed by atoms with E-state index in [0.29, 0.717) is 5.56 Å². The zero-order chi connectivity index (χ0) is 14.6. The number of rotatable bonds is 2. The summed E-state index contributed by atoms with van der Waals surface area (Å²) in [5.74, 6) is 2.87. The van der Waals surface area contributed by atoms with Crippen molar-refractivity contribution in [2.24, 2.45) is 0 Å². The maximum atomic E-state index is 11.7. The number of anilines is 1. The molecule has 0 aromatic heterocycles. The van der Waals surface area contributed by atoms with E-state index >= 15 is 0 Å². The van der Waals surface area contributed by atoms with Gasteiger partial charge in [0, 0.05) is 18.3 Å². The summed E-state index contributed by atoms with van der Waals surface area (Å²) in [6.45, 7) is 8.58. The van der Waals surface area contributed by atoms with Crippen molar-refractivity contribution in [3.05, 3.63) is 28.8 Å². The summed E-state index contributed by atoms with van der Waals surface area (Å²) in [5.41, 5.74) is 6.69. The van der Waals surface area contributed by atoms with Crippen molar-refractivity contribution in [1.82, 2.24) is 0 Å². The fraction of sp³-hybridized carbons (Fsp3) is 0.400. The van der Waals surface area contributed by atoms with Gasteiger partial charge < -0.3 is 10.1 Å². The predicted octanol–water partition coefficient (Wildman–Crippen LogP) is 3.05. The van der Waals surface area contributed by atoms with Crippen LogP contribution in [-0.2, 0) is 4.74 Å². The van der Waals surface area contributed by atoms with Crippen LogP contribution in [0.15, 0.2) is 12.1 Å². The minimum absolute atomic E-state index is 0.340. The first-order valence-electron chi connectivity index (χ1n) is 6.22. The quantitative estimate of drug-likeness (QED) is 0.512. The molecule has 0 aliphatic carbocycles. The third-order valence-electron chi connectivity index (χ3n) is 2.67. The lowest BCUT2D eigenvalue weighted by Crippen LogP contribution is -2.16. The molecule has 1 aromatic rings. The van der Waals surface area contributed by atoms with Gasteiger partial charge in [-0.05, 0) is 24.6 Å². The molecule has 0 atom stereocenters. The van der Waals surface area contributed by atoms with Gasteiger partial charge in [0.2, 0.25) is 0 Å². The second-order valence-electron chi connectivity index (χ2n) is 5.44. The molecule has 3 nitrogen and oxygen atoms in total. The SMILES string of the molecule is CNc1cc(C(=O)OC)cc(C#C[Si](C)(C)C)c1C. The van der Waals surface area contributed by atoms with Crippen molar-refractivity contribution in [3.63, 3.8) is 0 Å². The second-order valence-corrected chi connectivity index (χ2v) is 10.2. The van der Waals surface area contributed by atoms with Crippen LogP contribution in [0.5, 0.6) is 0 Å². The standard InChI is InChI=1S/C15H21NO2Si/c1-11-12(7-8-19(4,5)6)9-13(15(17)18-3)10-14(11)16-2/h9-10,16H,1-6H3. The average Bonchev–Trinajstić information content (AvgIpc) is 2.35. The summed E-state index contributed by atoms with van der Waals surface area (Å²) in [6.07, 6.45) is 0. The van der Waals surface area contributed by atoms with E-state index in [0.717, 1.165) is 16.8 Å². The van der Waals surface area contributed by atoms with Crippen molar-refractivity contribution < 1.29 is 9.53 Å². The number of carbonyl (C=O) groups excluding carboxylic acids is 1. The van der Waals surface area contributed by atoms with Gasteiger partial charge in [-0.2, -0.15) is 0 Å². The number of carbonyl (C=O) groups is 1. The molecule has 0 aliphatic heterocycles. The van der Waals surface area contributed by atoms with Crippen molar-refractivity contribution in [2.75, 3.05) is 19.5 Å². The maximum Gasteiger partial charge on any atom is 0.337 e. The van der Waals surface area contributed by atoms with Crippen LogP contribution in [0.25, 0.3) is 0 Å². The topological polar surface area (TPSA) is 38.3 Å². The Morgan fingerprint density at radius 2 is 1.95 bits per heavy atom. The Kier molecular flexibility index (Phi) is 4.79. The normalized spacial score (nSPS) is 10.4. The number of benzene rings is 1. The number of ether oxygens (including phenoxy) is 1. The molecule has 4 heteroatoms. The van der Waals surface area contributed by atoms with Gasteiger partial charge in [-0.25, -0.2) is 4.79 Å². The molecular weight excluding hydrogens is 254 g/mol. The molecule has 0 aliphatic rings. The van der Waals surface area contributed by atoms with Crippen LogP contribution < -0.4 is 5.32 Å². The Bertz CT molecular complexity index is 548.